The molecule has 2 fully saturated rings. The Morgan fingerprint density at radius 3 is 2.17 bits per heavy atom. The average Bonchev–Trinajstić information content (AvgIpc) is 3.57. The molecule has 0 spiro atoms. The minimum atomic E-state index is -3.64. The van der Waals surface area contributed by atoms with E-state index in [4.69, 9.17) is 9.97 Å². The molecule has 0 bridgehead atoms. The van der Waals surface area contributed by atoms with E-state index in [1.165, 1.54) is 4.57 Å². The van der Waals surface area contributed by atoms with Gasteiger partial charge >= 0.3 is 0 Å². The van der Waals surface area contributed by atoms with Gasteiger partial charge in [0, 0.05) is 82.1 Å². The first-order valence-corrected chi connectivity index (χ1v) is 19.3. The van der Waals surface area contributed by atoms with Gasteiger partial charge in [0.05, 0.1) is 40.9 Å². The normalized spacial score (nSPS) is 16.2. The highest BCUT2D eigenvalue weighted by Crippen LogP contribution is 2.39. The number of piperazine rings is 1. The number of carbonyl (C=O) groups is 1. The summed E-state index contributed by atoms with van der Waals surface area (Å²) in [4.78, 5) is 42.1. The fourth-order valence-electron chi connectivity index (χ4n) is 7.07. The van der Waals surface area contributed by atoms with Crippen molar-refractivity contribution in [1.29, 1.82) is 0 Å². The molecule has 1 amide bonds. The predicted molar refractivity (Wildman–Crippen MR) is 204 cm³/mol. The van der Waals surface area contributed by atoms with Crippen molar-refractivity contribution in [1.82, 2.24) is 33.8 Å². The van der Waals surface area contributed by atoms with Gasteiger partial charge in [-0.15, -0.1) is 0 Å². The second kappa shape index (κ2) is 14.2. The first kappa shape index (κ1) is 35.4. The van der Waals surface area contributed by atoms with Crippen LogP contribution in [0.3, 0.4) is 0 Å². The van der Waals surface area contributed by atoms with Crippen LogP contribution in [-0.4, -0.2) is 113 Å². The first-order chi connectivity index (χ1) is 24.9. The summed E-state index contributed by atoms with van der Waals surface area (Å²) in [5.41, 5.74) is 3.48. The van der Waals surface area contributed by atoms with Crippen molar-refractivity contribution < 1.29 is 13.2 Å². The lowest BCUT2D eigenvalue weighted by atomic mass is 9.91. The molecular weight excluding hydrogens is 679 g/mol. The Morgan fingerprint density at radius 2 is 1.56 bits per heavy atom. The predicted octanol–water partition coefficient (Wildman–Crippen LogP) is 3.24. The van der Waals surface area contributed by atoms with Crippen molar-refractivity contribution in [3.05, 3.63) is 107 Å². The fourth-order valence-corrected chi connectivity index (χ4v) is 7.71. The van der Waals surface area contributed by atoms with Crippen molar-refractivity contribution in [3.63, 3.8) is 0 Å². The summed E-state index contributed by atoms with van der Waals surface area (Å²) in [5, 5.41) is 4.09. The number of rotatable bonds is 11. The van der Waals surface area contributed by atoms with E-state index in [0.717, 1.165) is 48.6 Å². The zero-order valence-corrected chi connectivity index (χ0v) is 30.8. The number of anilines is 2. The molecule has 2 N–H and O–H groups in total. The summed E-state index contributed by atoms with van der Waals surface area (Å²) >= 11 is 0. The quantitative estimate of drug-likeness (QED) is 0.211. The van der Waals surface area contributed by atoms with E-state index in [1.54, 1.807) is 38.6 Å². The van der Waals surface area contributed by atoms with Crippen LogP contribution in [-0.2, 0) is 27.4 Å². The third-order valence-corrected chi connectivity index (χ3v) is 11.6. The zero-order valence-electron chi connectivity index (χ0n) is 30.0. The smallest absolute Gasteiger partial charge is 0.273 e. The summed E-state index contributed by atoms with van der Waals surface area (Å²) in [7, 11) is 0.151. The standard InChI is InChI=1S/C38H45N9O4S/c1-5-52(50,51)42-31-20-27(22-33-30(31)12-15-47(33)38(2,34-10-6-8-13-39-34)35-11-7-9-14-40-35)28-21-32(37(49)44(4)23-28)41-29-24-46(25-29)36(48)26-45-18-16-43(3)17-19-45/h6-15,20-23,29,41-42H,5,16-19,24-26H2,1-4H3. The van der Waals surface area contributed by atoms with Crippen LogP contribution in [0, 0.1) is 0 Å². The molecule has 5 aromatic rings. The number of hydrogen-bond acceptors (Lipinski definition) is 9. The molecule has 14 heteroatoms. The van der Waals surface area contributed by atoms with E-state index >= 15 is 0 Å². The van der Waals surface area contributed by atoms with Crippen LogP contribution in [0.5, 0.6) is 0 Å². The number of likely N-dealkylation sites (tertiary alicyclic amines) is 1. The molecule has 6 heterocycles. The van der Waals surface area contributed by atoms with Crippen LogP contribution < -0.4 is 15.6 Å². The number of aromatic nitrogens is 4. The van der Waals surface area contributed by atoms with Gasteiger partial charge in [0.2, 0.25) is 15.9 Å². The van der Waals surface area contributed by atoms with Crippen LogP contribution in [0.1, 0.15) is 25.2 Å². The third-order valence-electron chi connectivity index (χ3n) is 10.3. The minimum Gasteiger partial charge on any atom is -0.374 e. The Hall–Kier alpha value is -5.05. The maximum Gasteiger partial charge on any atom is 0.273 e. The second-order valence-corrected chi connectivity index (χ2v) is 15.9. The summed E-state index contributed by atoms with van der Waals surface area (Å²) in [6.45, 7) is 8.75. The Balaban J connectivity index is 1.24. The number of carbonyl (C=O) groups excluding carboxylic acids is 1. The largest absolute Gasteiger partial charge is 0.374 e. The monoisotopic (exact) mass is 723 g/mol. The van der Waals surface area contributed by atoms with Crippen LogP contribution >= 0.6 is 0 Å². The molecular formula is C38H45N9O4S. The number of nitrogens with one attached hydrogen (secondary N) is 2. The van der Waals surface area contributed by atoms with Crippen molar-refractivity contribution in [3.8, 4) is 11.1 Å². The Labute approximate surface area is 303 Å². The molecule has 7 rings (SSSR count). The number of sulfonamides is 1. The molecule has 2 aliphatic heterocycles. The number of likely N-dealkylation sites (N-methyl/N-ethyl adjacent to an activating group) is 1. The summed E-state index contributed by atoms with van der Waals surface area (Å²) in [5.74, 6) is 0.00876. The Kier molecular flexibility index (Phi) is 9.63. The van der Waals surface area contributed by atoms with Gasteiger partial charge in [0.25, 0.3) is 5.56 Å². The minimum absolute atomic E-state index is 0.0662. The summed E-state index contributed by atoms with van der Waals surface area (Å²) < 4.78 is 32.4. The highest BCUT2D eigenvalue weighted by atomic mass is 32.2. The third kappa shape index (κ3) is 6.93. The maximum absolute atomic E-state index is 13.4. The topological polar surface area (TPSA) is 138 Å². The van der Waals surface area contributed by atoms with Crippen molar-refractivity contribution in [2.45, 2.75) is 25.4 Å². The van der Waals surface area contributed by atoms with Crippen LogP contribution in [0.25, 0.3) is 22.0 Å². The Bertz CT molecular complexity index is 2200. The van der Waals surface area contributed by atoms with Gasteiger partial charge in [-0.25, -0.2) is 8.42 Å². The molecule has 2 aliphatic rings. The lowest BCUT2D eigenvalue weighted by molar-refractivity contribution is -0.136. The highest BCUT2D eigenvalue weighted by Gasteiger charge is 2.36. The van der Waals surface area contributed by atoms with Crippen molar-refractivity contribution in [2.24, 2.45) is 7.05 Å². The molecule has 52 heavy (non-hydrogen) atoms. The number of aryl methyl sites for hydroxylation is 1. The summed E-state index contributed by atoms with van der Waals surface area (Å²) in [6, 6.07) is 19.0. The first-order valence-electron chi connectivity index (χ1n) is 17.6. The van der Waals surface area contributed by atoms with E-state index in [-0.39, 0.29) is 23.3 Å². The number of pyridine rings is 3. The van der Waals surface area contributed by atoms with E-state index < -0.39 is 15.6 Å². The molecule has 1 aromatic carbocycles. The number of amides is 1. The van der Waals surface area contributed by atoms with Crippen LogP contribution in [0.4, 0.5) is 11.4 Å². The molecule has 2 saturated heterocycles. The lowest BCUT2D eigenvalue weighted by Crippen LogP contribution is -2.60. The van der Waals surface area contributed by atoms with E-state index in [2.05, 4.69) is 31.5 Å². The second-order valence-electron chi connectivity index (χ2n) is 13.9. The maximum atomic E-state index is 13.4. The van der Waals surface area contributed by atoms with Crippen molar-refractivity contribution >= 4 is 38.2 Å². The van der Waals surface area contributed by atoms with Gasteiger partial charge in [-0.1, -0.05) is 12.1 Å². The van der Waals surface area contributed by atoms with Gasteiger partial charge < -0.3 is 24.3 Å². The summed E-state index contributed by atoms with van der Waals surface area (Å²) in [6.07, 6.45) is 7.18. The number of nitrogens with zero attached hydrogens (tertiary/aromatic N) is 7. The number of fused-ring (bicyclic) bond motifs is 1. The van der Waals surface area contributed by atoms with Crippen LogP contribution in [0.15, 0.2) is 90.2 Å². The average molecular weight is 724 g/mol. The molecule has 0 unspecified atom stereocenters. The molecule has 272 valence electrons. The van der Waals surface area contributed by atoms with Gasteiger partial charge in [-0.2, -0.15) is 0 Å². The molecule has 4 aromatic heterocycles. The van der Waals surface area contributed by atoms with Gasteiger partial charge in [-0.05, 0) is 75.0 Å². The van der Waals surface area contributed by atoms with E-state index in [1.807, 2.05) is 72.6 Å². The molecule has 13 nitrogen and oxygen atoms in total. The SMILES string of the molecule is CCS(=O)(=O)Nc1cc(-c2cc(NC3CN(C(=O)CN4CCN(C)CC4)C3)c(=O)n(C)c2)cc2c1ccn2C(C)(c1ccccn1)c1ccccn1. The van der Waals surface area contributed by atoms with Gasteiger partial charge in [0.1, 0.15) is 11.2 Å². The number of benzene rings is 1. The number of hydrogen-bond donors (Lipinski definition) is 2. The van der Waals surface area contributed by atoms with Gasteiger partial charge in [0.15, 0.2) is 0 Å². The van der Waals surface area contributed by atoms with E-state index in [9.17, 15) is 18.0 Å². The molecule has 0 saturated carbocycles. The van der Waals surface area contributed by atoms with Crippen molar-refractivity contribution in [2.75, 3.05) is 68.7 Å². The lowest BCUT2D eigenvalue weighted by Gasteiger charge is -2.41. The molecule has 0 radical (unpaired) electrons. The fraction of sp³-hybridized carbons (Fsp3) is 0.368. The van der Waals surface area contributed by atoms with E-state index in [0.29, 0.717) is 42.0 Å². The Morgan fingerprint density at radius 1 is 0.904 bits per heavy atom. The van der Waals surface area contributed by atoms with Gasteiger partial charge in [-0.3, -0.25) is 29.2 Å². The molecule has 0 aliphatic carbocycles. The zero-order chi connectivity index (χ0) is 36.6. The van der Waals surface area contributed by atoms with Crippen LogP contribution in [0.2, 0.25) is 0 Å². The highest BCUT2D eigenvalue weighted by molar-refractivity contribution is 7.92. The molecule has 0 atom stereocenters.